The van der Waals surface area contributed by atoms with Crippen molar-refractivity contribution in [2.45, 2.75) is 18.9 Å². The van der Waals surface area contributed by atoms with E-state index in [1.165, 1.54) is 0 Å². The molecular weight excluding hydrogens is 262 g/mol. The number of rotatable bonds is 4. The van der Waals surface area contributed by atoms with E-state index in [-0.39, 0.29) is 11.8 Å². The highest BCUT2D eigenvalue weighted by Crippen LogP contribution is 2.26. The van der Waals surface area contributed by atoms with Gasteiger partial charge in [0.15, 0.2) is 5.82 Å². The molecule has 1 saturated heterocycles. The molecule has 1 N–H and O–H groups in total. The number of ether oxygens (including phenoxy) is 1. The van der Waals surface area contributed by atoms with Crippen molar-refractivity contribution in [1.82, 2.24) is 25.2 Å². The van der Waals surface area contributed by atoms with Crippen molar-refractivity contribution in [3.63, 3.8) is 0 Å². The van der Waals surface area contributed by atoms with Gasteiger partial charge in [-0.2, -0.15) is 10.1 Å². The number of hydrogen-bond donors (Lipinski definition) is 1. The minimum Gasteiger partial charge on any atom is -0.375 e. The maximum Gasteiger partial charge on any atom is 0.271 e. The van der Waals surface area contributed by atoms with Crippen molar-refractivity contribution >= 4 is 5.91 Å². The second kappa shape index (κ2) is 5.41. The number of nitrogens with zero attached hydrogens (tertiary/aromatic N) is 4. The number of H-pyrrole nitrogens is 1. The summed E-state index contributed by atoms with van der Waals surface area (Å²) in [5.41, 5.74) is 0.499. The molecule has 1 unspecified atom stereocenters. The molecule has 2 aromatic rings. The molecule has 0 spiro atoms. The highest BCUT2D eigenvalue weighted by molar-refractivity contribution is 5.92. The molecule has 8 nitrogen and oxygen atoms in total. The molecule has 20 heavy (non-hydrogen) atoms. The normalized spacial score (nSPS) is 18.6. The molecule has 8 heteroatoms. The maximum absolute atomic E-state index is 12.2. The summed E-state index contributed by atoms with van der Waals surface area (Å²) in [6.07, 6.45) is 2.39. The summed E-state index contributed by atoms with van der Waals surface area (Å²) in [5.74, 6) is 1.15. The fourth-order valence-electron chi connectivity index (χ4n) is 2.32. The van der Waals surface area contributed by atoms with Crippen molar-refractivity contribution in [2.75, 3.05) is 20.2 Å². The largest absolute Gasteiger partial charge is 0.375 e. The Hall–Kier alpha value is -2.22. The molecule has 0 radical (unpaired) electrons. The van der Waals surface area contributed by atoms with Gasteiger partial charge in [0, 0.05) is 32.3 Å². The Morgan fingerprint density at radius 2 is 2.55 bits per heavy atom. The van der Waals surface area contributed by atoms with Crippen LogP contribution in [0.4, 0.5) is 0 Å². The molecular formula is C12H15N5O3. The Kier molecular flexibility index (Phi) is 3.46. The molecule has 3 rings (SSSR count). The smallest absolute Gasteiger partial charge is 0.271 e. The van der Waals surface area contributed by atoms with E-state index in [4.69, 9.17) is 9.26 Å². The van der Waals surface area contributed by atoms with Crippen LogP contribution < -0.4 is 0 Å². The Bertz CT molecular complexity index is 580. The third-order valence-corrected chi connectivity index (χ3v) is 3.32. The second-order valence-electron chi connectivity index (χ2n) is 4.69. The summed E-state index contributed by atoms with van der Waals surface area (Å²) in [6, 6.07) is 1.67. The molecule has 1 atom stereocenters. The van der Waals surface area contributed by atoms with Crippen LogP contribution in [0.2, 0.25) is 0 Å². The van der Waals surface area contributed by atoms with E-state index < -0.39 is 0 Å². The van der Waals surface area contributed by atoms with Gasteiger partial charge >= 0.3 is 0 Å². The summed E-state index contributed by atoms with van der Waals surface area (Å²) in [5, 5.41) is 10.4. The van der Waals surface area contributed by atoms with Gasteiger partial charge in [0.1, 0.15) is 12.3 Å². The predicted molar refractivity (Wildman–Crippen MR) is 66.9 cm³/mol. The monoisotopic (exact) mass is 277 g/mol. The van der Waals surface area contributed by atoms with Gasteiger partial charge in [-0.3, -0.25) is 9.89 Å². The molecule has 1 amide bonds. The molecule has 0 bridgehead atoms. The molecule has 0 aliphatic carbocycles. The molecule has 106 valence electrons. The third kappa shape index (κ3) is 2.42. The number of aromatic nitrogens is 4. The zero-order valence-corrected chi connectivity index (χ0v) is 11.1. The van der Waals surface area contributed by atoms with Gasteiger partial charge < -0.3 is 14.2 Å². The first-order valence-corrected chi connectivity index (χ1v) is 6.38. The van der Waals surface area contributed by atoms with E-state index >= 15 is 0 Å². The summed E-state index contributed by atoms with van der Waals surface area (Å²) in [6.45, 7) is 1.57. The second-order valence-corrected chi connectivity index (χ2v) is 4.69. The zero-order chi connectivity index (χ0) is 13.9. The highest BCUT2D eigenvalue weighted by atomic mass is 16.5. The molecule has 1 aliphatic heterocycles. The summed E-state index contributed by atoms with van der Waals surface area (Å²) >= 11 is 0. The van der Waals surface area contributed by atoms with Gasteiger partial charge in [0.25, 0.3) is 11.8 Å². The van der Waals surface area contributed by atoms with Crippen LogP contribution in [0.15, 0.2) is 16.8 Å². The minimum atomic E-state index is -0.0504. The van der Waals surface area contributed by atoms with Crippen LogP contribution >= 0.6 is 0 Å². The number of amides is 1. The van der Waals surface area contributed by atoms with Crippen molar-refractivity contribution in [2.24, 2.45) is 0 Å². The predicted octanol–water partition coefficient (Wildman–Crippen LogP) is 0.569. The van der Waals surface area contributed by atoms with Crippen LogP contribution in [0.25, 0.3) is 0 Å². The van der Waals surface area contributed by atoms with Crippen LogP contribution in [0, 0.1) is 0 Å². The number of carbonyl (C=O) groups excluding carboxylic acids is 1. The standard InChI is InChI=1S/C12H15N5O3/c1-19-7-10-14-11(16-20-10)8-3-5-17(6-8)12(18)9-2-4-13-15-9/h2,4,8H,3,5-7H2,1H3,(H,13,15). The Balaban J connectivity index is 1.65. The Morgan fingerprint density at radius 3 is 3.30 bits per heavy atom. The Morgan fingerprint density at radius 1 is 1.65 bits per heavy atom. The molecule has 1 fully saturated rings. The first kappa shape index (κ1) is 12.8. The minimum absolute atomic E-state index is 0.0504. The van der Waals surface area contributed by atoms with Crippen molar-refractivity contribution in [3.8, 4) is 0 Å². The van der Waals surface area contributed by atoms with E-state index in [1.807, 2.05) is 0 Å². The van der Waals surface area contributed by atoms with Gasteiger partial charge in [0.05, 0.1) is 0 Å². The van der Waals surface area contributed by atoms with E-state index in [9.17, 15) is 4.79 Å². The fourth-order valence-corrected chi connectivity index (χ4v) is 2.32. The topological polar surface area (TPSA) is 97.1 Å². The molecule has 2 aromatic heterocycles. The summed E-state index contributed by atoms with van der Waals surface area (Å²) in [7, 11) is 1.57. The summed E-state index contributed by atoms with van der Waals surface area (Å²) < 4.78 is 10.0. The first-order valence-electron chi connectivity index (χ1n) is 6.38. The van der Waals surface area contributed by atoms with E-state index in [1.54, 1.807) is 24.3 Å². The molecule has 0 saturated carbocycles. The first-order chi connectivity index (χ1) is 9.78. The van der Waals surface area contributed by atoms with Crippen LogP contribution in [-0.2, 0) is 11.3 Å². The summed E-state index contributed by atoms with van der Waals surface area (Å²) in [4.78, 5) is 18.2. The van der Waals surface area contributed by atoms with E-state index in [0.29, 0.717) is 37.1 Å². The maximum atomic E-state index is 12.2. The quantitative estimate of drug-likeness (QED) is 0.877. The van der Waals surface area contributed by atoms with Crippen molar-refractivity contribution in [3.05, 3.63) is 29.7 Å². The van der Waals surface area contributed by atoms with Crippen LogP contribution in [0.1, 0.15) is 34.5 Å². The van der Waals surface area contributed by atoms with Crippen molar-refractivity contribution < 1.29 is 14.1 Å². The number of aromatic amines is 1. The average molecular weight is 277 g/mol. The van der Waals surface area contributed by atoms with E-state index in [2.05, 4.69) is 20.3 Å². The van der Waals surface area contributed by atoms with E-state index in [0.717, 1.165) is 6.42 Å². The van der Waals surface area contributed by atoms with Crippen LogP contribution in [-0.4, -0.2) is 51.3 Å². The number of likely N-dealkylation sites (tertiary alicyclic amines) is 1. The lowest BCUT2D eigenvalue weighted by Gasteiger charge is -2.14. The number of hydrogen-bond acceptors (Lipinski definition) is 6. The van der Waals surface area contributed by atoms with Gasteiger partial charge in [-0.15, -0.1) is 0 Å². The number of carbonyl (C=O) groups is 1. The fraction of sp³-hybridized carbons (Fsp3) is 0.500. The van der Waals surface area contributed by atoms with Gasteiger partial charge in [-0.05, 0) is 12.5 Å². The highest BCUT2D eigenvalue weighted by Gasteiger charge is 2.31. The van der Waals surface area contributed by atoms with Gasteiger partial charge in [-0.1, -0.05) is 5.16 Å². The van der Waals surface area contributed by atoms with Crippen LogP contribution in [0.5, 0.6) is 0 Å². The lowest BCUT2D eigenvalue weighted by molar-refractivity contribution is 0.0784. The van der Waals surface area contributed by atoms with Gasteiger partial charge in [-0.25, -0.2) is 0 Å². The van der Waals surface area contributed by atoms with Crippen LogP contribution in [0.3, 0.4) is 0 Å². The molecule has 0 aromatic carbocycles. The molecule has 3 heterocycles. The lowest BCUT2D eigenvalue weighted by Crippen LogP contribution is -2.28. The van der Waals surface area contributed by atoms with Gasteiger partial charge in [0.2, 0.25) is 0 Å². The Labute approximate surface area is 115 Å². The lowest BCUT2D eigenvalue weighted by atomic mass is 10.1. The molecule has 1 aliphatic rings. The number of methoxy groups -OCH3 is 1. The zero-order valence-electron chi connectivity index (χ0n) is 11.1. The van der Waals surface area contributed by atoms with Crippen molar-refractivity contribution in [1.29, 1.82) is 0 Å². The third-order valence-electron chi connectivity index (χ3n) is 3.32. The SMILES string of the molecule is COCc1nc(C2CCN(C(=O)c3ccn[nH]3)C2)no1. The number of nitrogens with one attached hydrogen (secondary N) is 1. The average Bonchev–Trinajstić information content (AvgIpc) is 3.19.